The van der Waals surface area contributed by atoms with Crippen LogP contribution in [0.2, 0.25) is 0 Å². The minimum atomic E-state index is -0.341. The summed E-state index contributed by atoms with van der Waals surface area (Å²) in [6.45, 7) is 1.07. The molecule has 0 spiro atoms. The second-order valence-corrected chi connectivity index (χ2v) is 7.04. The monoisotopic (exact) mass is 401 g/mol. The lowest BCUT2D eigenvalue weighted by atomic mass is 9.97. The van der Waals surface area contributed by atoms with Crippen LogP contribution in [0.15, 0.2) is 42.5 Å². The summed E-state index contributed by atoms with van der Waals surface area (Å²) in [5.74, 6) is 0.377. The van der Waals surface area contributed by atoms with Crippen molar-refractivity contribution in [1.29, 1.82) is 0 Å². The van der Waals surface area contributed by atoms with Gasteiger partial charge in [0.2, 0.25) is 11.8 Å². The van der Waals surface area contributed by atoms with E-state index in [1.165, 1.54) is 0 Å². The molecule has 2 N–H and O–H groups in total. The highest BCUT2D eigenvalue weighted by Crippen LogP contribution is 2.34. The quantitative estimate of drug-likeness (QED) is 0.802. The van der Waals surface area contributed by atoms with Crippen molar-refractivity contribution >= 4 is 41.3 Å². The summed E-state index contributed by atoms with van der Waals surface area (Å²) in [7, 11) is 1.61. The fourth-order valence-corrected chi connectivity index (χ4v) is 3.99. The van der Waals surface area contributed by atoms with Gasteiger partial charge in [0, 0.05) is 36.6 Å². The summed E-state index contributed by atoms with van der Waals surface area (Å²) >= 11 is 0. The van der Waals surface area contributed by atoms with Gasteiger partial charge in [-0.05, 0) is 54.8 Å². The van der Waals surface area contributed by atoms with E-state index in [-0.39, 0.29) is 36.6 Å². The Labute approximate surface area is 170 Å². The maximum absolute atomic E-state index is 13.2. The van der Waals surface area contributed by atoms with Crippen LogP contribution in [-0.2, 0) is 16.0 Å². The molecule has 6 nitrogen and oxygen atoms in total. The summed E-state index contributed by atoms with van der Waals surface area (Å²) in [6, 6.07) is 13.0. The third-order valence-corrected chi connectivity index (χ3v) is 5.41. The third-order valence-electron chi connectivity index (χ3n) is 5.41. The summed E-state index contributed by atoms with van der Waals surface area (Å²) in [5.41, 5.74) is 9.54. The predicted molar refractivity (Wildman–Crippen MR) is 112 cm³/mol. The van der Waals surface area contributed by atoms with Gasteiger partial charge in [0.25, 0.3) is 0 Å². The number of benzene rings is 2. The molecular formula is C21H24ClN3O3. The lowest BCUT2D eigenvalue weighted by Gasteiger charge is -2.32. The topological polar surface area (TPSA) is 75.9 Å². The Morgan fingerprint density at radius 3 is 2.64 bits per heavy atom. The van der Waals surface area contributed by atoms with Gasteiger partial charge in [0.05, 0.1) is 13.0 Å². The average Bonchev–Trinajstić information content (AvgIpc) is 3.09. The van der Waals surface area contributed by atoms with Crippen molar-refractivity contribution in [2.75, 3.05) is 35.7 Å². The molecule has 148 valence electrons. The zero-order valence-electron chi connectivity index (χ0n) is 15.8. The Morgan fingerprint density at radius 1 is 1.18 bits per heavy atom. The van der Waals surface area contributed by atoms with E-state index in [0.29, 0.717) is 13.1 Å². The second-order valence-electron chi connectivity index (χ2n) is 7.04. The molecule has 0 radical (unpaired) electrons. The molecule has 1 unspecified atom stereocenters. The zero-order chi connectivity index (χ0) is 19.0. The number of fused-ring (bicyclic) bond motifs is 1. The highest BCUT2D eigenvalue weighted by Gasteiger charge is 2.38. The molecule has 0 aliphatic carbocycles. The summed E-state index contributed by atoms with van der Waals surface area (Å²) < 4.78 is 5.17. The van der Waals surface area contributed by atoms with Crippen LogP contribution in [0, 0.1) is 5.92 Å². The van der Waals surface area contributed by atoms with E-state index in [1.54, 1.807) is 12.0 Å². The van der Waals surface area contributed by atoms with E-state index in [0.717, 1.165) is 41.2 Å². The van der Waals surface area contributed by atoms with E-state index < -0.39 is 0 Å². The number of halogens is 1. The van der Waals surface area contributed by atoms with Gasteiger partial charge in [-0.1, -0.05) is 6.07 Å². The molecule has 1 atom stereocenters. The summed E-state index contributed by atoms with van der Waals surface area (Å²) in [4.78, 5) is 29.2. The lowest BCUT2D eigenvalue weighted by Crippen LogP contribution is -2.40. The lowest BCUT2D eigenvalue weighted by molar-refractivity contribution is -0.124. The first-order valence-corrected chi connectivity index (χ1v) is 9.21. The molecule has 0 aromatic heterocycles. The Hall–Kier alpha value is -2.73. The van der Waals surface area contributed by atoms with E-state index in [1.807, 2.05) is 47.4 Å². The van der Waals surface area contributed by atoms with Crippen LogP contribution in [0.25, 0.3) is 0 Å². The van der Waals surface area contributed by atoms with Crippen molar-refractivity contribution < 1.29 is 14.3 Å². The largest absolute Gasteiger partial charge is 0.497 e. The van der Waals surface area contributed by atoms with Crippen LogP contribution in [0.1, 0.15) is 18.4 Å². The SMILES string of the molecule is COc1ccc(N2CC(C(=O)N3CCCc4c(N)cccc43)CC2=O)cc1.Cl. The van der Waals surface area contributed by atoms with Crippen LogP contribution in [0.5, 0.6) is 5.75 Å². The maximum Gasteiger partial charge on any atom is 0.232 e. The minimum Gasteiger partial charge on any atom is -0.497 e. The van der Waals surface area contributed by atoms with Gasteiger partial charge < -0.3 is 20.3 Å². The van der Waals surface area contributed by atoms with Crippen molar-refractivity contribution in [2.45, 2.75) is 19.3 Å². The summed E-state index contributed by atoms with van der Waals surface area (Å²) in [5, 5.41) is 0. The molecule has 2 heterocycles. The summed E-state index contributed by atoms with van der Waals surface area (Å²) in [6.07, 6.45) is 2.00. The molecule has 2 aliphatic rings. The van der Waals surface area contributed by atoms with Crippen molar-refractivity contribution in [2.24, 2.45) is 5.92 Å². The van der Waals surface area contributed by atoms with Gasteiger partial charge >= 0.3 is 0 Å². The number of methoxy groups -OCH3 is 1. The molecule has 1 saturated heterocycles. The molecule has 7 heteroatoms. The van der Waals surface area contributed by atoms with Crippen LogP contribution < -0.4 is 20.3 Å². The van der Waals surface area contributed by atoms with Crippen LogP contribution in [-0.4, -0.2) is 32.0 Å². The number of rotatable bonds is 3. The zero-order valence-corrected chi connectivity index (χ0v) is 16.6. The van der Waals surface area contributed by atoms with Crippen molar-refractivity contribution in [1.82, 2.24) is 0 Å². The van der Waals surface area contributed by atoms with Gasteiger partial charge in [0.15, 0.2) is 0 Å². The average molecular weight is 402 g/mol. The number of anilines is 3. The second kappa shape index (κ2) is 8.10. The fraction of sp³-hybridized carbons (Fsp3) is 0.333. The molecule has 28 heavy (non-hydrogen) atoms. The van der Waals surface area contributed by atoms with Crippen LogP contribution in [0.3, 0.4) is 0 Å². The molecule has 1 fully saturated rings. The first-order chi connectivity index (χ1) is 13.1. The number of nitrogens with two attached hydrogens (primary N) is 1. The highest BCUT2D eigenvalue weighted by molar-refractivity contribution is 6.05. The molecule has 0 bridgehead atoms. The molecule has 0 saturated carbocycles. The molecule has 2 aliphatic heterocycles. The van der Waals surface area contributed by atoms with E-state index in [4.69, 9.17) is 10.5 Å². The fourth-order valence-electron chi connectivity index (χ4n) is 3.99. The third kappa shape index (κ3) is 3.52. The van der Waals surface area contributed by atoms with Gasteiger partial charge in [0.1, 0.15) is 5.75 Å². The smallest absolute Gasteiger partial charge is 0.232 e. The maximum atomic E-state index is 13.2. The Balaban J connectivity index is 0.00000225. The number of hydrogen-bond acceptors (Lipinski definition) is 4. The molecular weight excluding hydrogens is 378 g/mol. The number of nitrogens with zero attached hydrogens (tertiary/aromatic N) is 2. The van der Waals surface area contributed by atoms with Crippen molar-refractivity contribution in [3.63, 3.8) is 0 Å². The number of carbonyl (C=O) groups is 2. The Morgan fingerprint density at radius 2 is 1.93 bits per heavy atom. The predicted octanol–water partition coefficient (Wildman–Crippen LogP) is 3.03. The Bertz CT molecular complexity index is 885. The molecule has 2 aromatic rings. The van der Waals surface area contributed by atoms with Gasteiger partial charge in [-0.15, -0.1) is 12.4 Å². The highest BCUT2D eigenvalue weighted by atomic mass is 35.5. The number of hydrogen-bond donors (Lipinski definition) is 1. The number of ether oxygens (including phenoxy) is 1. The molecule has 2 aromatic carbocycles. The normalized spacial score (nSPS) is 18.5. The molecule has 2 amide bonds. The van der Waals surface area contributed by atoms with E-state index in [2.05, 4.69) is 0 Å². The molecule has 4 rings (SSSR count). The van der Waals surface area contributed by atoms with Crippen molar-refractivity contribution in [3.8, 4) is 5.75 Å². The van der Waals surface area contributed by atoms with Crippen LogP contribution in [0.4, 0.5) is 17.1 Å². The van der Waals surface area contributed by atoms with E-state index in [9.17, 15) is 9.59 Å². The van der Waals surface area contributed by atoms with E-state index >= 15 is 0 Å². The van der Waals surface area contributed by atoms with Crippen LogP contribution >= 0.6 is 12.4 Å². The van der Waals surface area contributed by atoms with Crippen molar-refractivity contribution in [3.05, 3.63) is 48.0 Å². The van der Waals surface area contributed by atoms with Gasteiger partial charge in [-0.2, -0.15) is 0 Å². The number of carbonyl (C=O) groups excluding carboxylic acids is 2. The first-order valence-electron chi connectivity index (χ1n) is 9.21. The Kier molecular flexibility index (Phi) is 5.79. The first kappa shape index (κ1) is 20.0. The number of nitrogen functional groups attached to an aromatic ring is 1. The minimum absolute atomic E-state index is 0. The standard InChI is InChI=1S/C21H23N3O3.ClH/c1-27-16-9-7-15(8-10-16)24-13-14(12-20(24)25)21(26)23-11-3-4-17-18(22)5-2-6-19(17)23;/h2,5-10,14H,3-4,11-13,22H2,1H3;1H. The van der Waals surface area contributed by atoms with Gasteiger partial charge in [-0.3, -0.25) is 9.59 Å². The number of amides is 2. The van der Waals surface area contributed by atoms with Gasteiger partial charge in [-0.25, -0.2) is 0 Å².